The number of likely N-dealkylation sites (tertiary alicyclic amines) is 2. The lowest BCUT2D eigenvalue weighted by molar-refractivity contribution is -0.140. The van der Waals surface area contributed by atoms with Gasteiger partial charge >= 0.3 is 0 Å². The summed E-state index contributed by atoms with van der Waals surface area (Å²) in [6.07, 6.45) is 2.97. The second kappa shape index (κ2) is 11.2. The number of carbonyl (C=O) groups excluding carboxylic acids is 3. The molecule has 9 heteroatoms. The van der Waals surface area contributed by atoms with Crippen LogP contribution in [0.5, 0.6) is 0 Å². The van der Waals surface area contributed by atoms with Gasteiger partial charge in [-0.05, 0) is 55.3 Å². The molecule has 6 nitrogen and oxygen atoms in total. The van der Waals surface area contributed by atoms with E-state index in [1.54, 1.807) is 4.90 Å². The standard InChI is InChI=1S/C32H29Cl2N3O3S/c1-20(21-9-11-22(33)12-10-21)37-29(39)17-32(41-25-7-3-2-4-8-25,31(40)36-15-5-6-24(38)19-36)30(37)27-18-35-28-16-23(34)13-14-26(27)28/h2-4,7-14,16,18,20,30,35H,5-6,15,17,19H2,1H3/t20-,30+,32+/m1/s1. The number of H-pyrrole nitrogens is 1. The number of halogens is 2. The van der Waals surface area contributed by atoms with Crippen molar-refractivity contribution < 1.29 is 14.4 Å². The van der Waals surface area contributed by atoms with Gasteiger partial charge in [-0.15, -0.1) is 11.8 Å². The van der Waals surface area contributed by atoms with Gasteiger partial charge in [0, 0.05) is 50.6 Å². The lowest BCUT2D eigenvalue weighted by Gasteiger charge is -2.41. The number of thioether (sulfide) groups is 1. The van der Waals surface area contributed by atoms with Crippen molar-refractivity contribution in [2.75, 3.05) is 13.1 Å². The zero-order valence-electron chi connectivity index (χ0n) is 22.5. The van der Waals surface area contributed by atoms with E-state index in [1.807, 2.05) is 90.8 Å². The Bertz CT molecular complexity index is 1620. The van der Waals surface area contributed by atoms with Gasteiger partial charge < -0.3 is 14.8 Å². The number of nitrogens with one attached hydrogen (secondary N) is 1. The van der Waals surface area contributed by atoms with E-state index >= 15 is 0 Å². The number of hydrogen-bond acceptors (Lipinski definition) is 4. The van der Waals surface area contributed by atoms with Gasteiger partial charge in [0.1, 0.15) is 4.75 Å². The number of benzene rings is 3. The molecule has 4 aromatic rings. The Hall–Kier alpha value is -3.26. The van der Waals surface area contributed by atoms with Crippen LogP contribution in [0.25, 0.3) is 10.9 Å². The van der Waals surface area contributed by atoms with Crippen LogP contribution in [-0.2, 0) is 14.4 Å². The van der Waals surface area contributed by atoms with E-state index in [0.717, 1.165) is 26.9 Å². The van der Waals surface area contributed by atoms with E-state index in [4.69, 9.17) is 23.2 Å². The van der Waals surface area contributed by atoms with Gasteiger partial charge in [0.25, 0.3) is 0 Å². The Morgan fingerprint density at radius 1 is 1.02 bits per heavy atom. The topological polar surface area (TPSA) is 73.5 Å². The van der Waals surface area contributed by atoms with Crippen molar-refractivity contribution in [1.82, 2.24) is 14.8 Å². The highest BCUT2D eigenvalue weighted by molar-refractivity contribution is 8.01. The Balaban J connectivity index is 1.56. The minimum atomic E-state index is -1.22. The zero-order valence-corrected chi connectivity index (χ0v) is 24.8. The first-order valence-corrected chi connectivity index (χ1v) is 15.2. The van der Waals surface area contributed by atoms with E-state index in [2.05, 4.69) is 4.98 Å². The molecule has 2 fully saturated rings. The Labute approximate surface area is 253 Å². The molecule has 0 radical (unpaired) electrons. The van der Waals surface area contributed by atoms with E-state index in [0.29, 0.717) is 29.4 Å². The summed E-state index contributed by atoms with van der Waals surface area (Å²) in [6.45, 7) is 2.53. The highest BCUT2D eigenvalue weighted by Gasteiger charge is 2.61. The fourth-order valence-corrected chi connectivity index (χ4v) is 7.95. The number of nitrogens with zero attached hydrogens (tertiary/aromatic N) is 2. The Morgan fingerprint density at radius 3 is 2.49 bits per heavy atom. The molecule has 0 unspecified atom stereocenters. The highest BCUT2D eigenvalue weighted by Crippen LogP contribution is 2.56. The van der Waals surface area contributed by atoms with Crippen LogP contribution in [-0.4, -0.2) is 50.2 Å². The van der Waals surface area contributed by atoms with Gasteiger partial charge in [-0.2, -0.15) is 0 Å². The molecule has 2 saturated heterocycles. The highest BCUT2D eigenvalue weighted by atomic mass is 35.5. The number of aromatic nitrogens is 1. The van der Waals surface area contributed by atoms with Crippen molar-refractivity contribution in [3.05, 3.63) is 100 Å². The predicted molar refractivity (Wildman–Crippen MR) is 163 cm³/mol. The molecule has 2 aliphatic rings. The van der Waals surface area contributed by atoms with Crippen LogP contribution >= 0.6 is 35.0 Å². The maximum atomic E-state index is 14.8. The molecule has 2 amide bonds. The third-order valence-corrected chi connectivity index (χ3v) is 10.0. The molecule has 0 aliphatic carbocycles. The molecule has 0 spiro atoms. The monoisotopic (exact) mass is 605 g/mol. The van der Waals surface area contributed by atoms with Gasteiger partial charge in [-0.25, -0.2) is 0 Å². The Kier molecular flexibility index (Phi) is 7.62. The van der Waals surface area contributed by atoms with Crippen molar-refractivity contribution in [3.8, 4) is 0 Å². The lowest BCUT2D eigenvalue weighted by atomic mass is 9.89. The SMILES string of the molecule is C[C@H](c1ccc(Cl)cc1)N1C(=O)C[C@@](Sc2ccccc2)(C(=O)N2CCCC(=O)C2)[C@@H]1c1c[nH]c2cc(Cl)ccc12. The van der Waals surface area contributed by atoms with Crippen LogP contribution in [0.15, 0.2) is 83.9 Å². The van der Waals surface area contributed by atoms with Crippen molar-refractivity contribution in [3.63, 3.8) is 0 Å². The van der Waals surface area contributed by atoms with E-state index < -0.39 is 10.8 Å². The molecule has 210 valence electrons. The number of carbonyl (C=O) groups is 3. The second-order valence-electron chi connectivity index (χ2n) is 10.7. The summed E-state index contributed by atoms with van der Waals surface area (Å²) >= 11 is 13.9. The average Bonchev–Trinajstić information content (AvgIpc) is 3.50. The molecule has 3 aromatic carbocycles. The summed E-state index contributed by atoms with van der Waals surface area (Å²) in [6, 6.07) is 21.8. The number of piperidine rings is 1. The van der Waals surface area contributed by atoms with Crippen LogP contribution in [0.2, 0.25) is 10.0 Å². The molecule has 1 aromatic heterocycles. The minimum Gasteiger partial charge on any atom is -0.361 e. The average molecular weight is 607 g/mol. The van der Waals surface area contributed by atoms with Crippen LogP contribution < -0.4 is 0 Å². The molecule has 2 aliphatic heterocycles. The number of aromatic amines is 1. The minimum absolute atomic E-state index is 0.00105. The van der Waals surface area contributed by atoms with Gasteiger partial charge in [-0.1, -0.05) is 59.6 Å². The summed E-state index contributed by atoms with van der Waals surface area (Å²) in [5, 5.41) is 2.09. The van der Waals surface area contributed by atoms with E-state index in [9.17, 15) is 14.4 Å². The maximum Gasteiger partial charge on any atom is 0.242 e. The van der Waals surface area contributed by atoms with Crippen molar-refractivity contribution >= 4 is 63.5 Å². The summed E-state index contributed by atoms with van der Waals surface area (Å²) in [7, 11) is 0. The summed E-state index contributed by atoms with van der Waals surface area (Å²) in [5.74, 6) is -0.272. The largest absolute Gasteiger partial charge is 0.361 e. The zero-order chi connectivity index (χ0) is 28.7. The molecular formula is C32H29Cl2N3O3S. The lowest BCUT2D eigenvalue weighted by Crippen LogP contribution is -2.53. The normalized spacial score (nSPS) is 22.0. The Morgan fingerprint density at radius 2 is 1.76 bits per heavy atom. The molecule has 3 heterocycles. The van der Waals surface area contributed by atoms with E-state index in [-0.39, 0.29) is 36.6 Å². The maximum absolute atomic E-state index is 14.8. The van der Waals surface area contributed by atoms with E-state index in [1.165, 1.54) is 11.8 Å². The van der Waals surface area contributed by atoms with Crippen molar-refractivity contribution in [2.24, 2.45) is 0 Å². The summed E-state index contributed by atoms with van der Waals surface area (Å²) in [4.78, 5) is 49.2. The van der Waals surface area contributed by atoms with Crippen LogP contribution in [0.4, 0.5) is 0 Å². The number of hydrogen-bond donors (Lipinski definition) is 1. The number of rotatable bonds is 6. The van der Waals surface area contributed by atoms with Gasteiger partial charge in [0.15, 0.2) is 5.78 Å². The first kappa shape index (κ1) is 27.9. The predicted octanol–water partition coefficient (Wildman–Crippen LogP) is 7.23. The van der Waals surface area contributed by atoms with Gasteiger partial charge in [0.2, 0.25) is 11.8 Å². The van der Waals surface area contributed by atoms with Gasteiger partial charge in [0.05, 0.1) is 25.0 Å². The molecule has 41 heavy (non-hydrogen) atoms. The van der Waals surface area contributed by atoms with Crippen LogP contribution in [0.1, 0.15) is 49.4 Å². The summed E-state index contributed by atoms with van der Waals surface area (Å²) < 4.78 is -1.22. The fourth-order valence-electron chi connectivity index (χ4n) is 6.18. The number of amides is 2. The smallest absolute Gasteiger partial charge is 0.242 e. The molecule has 0 saturated carbocycles. The first-order chi connectivity index (χ1) is 19.8. The third-order valence-electron chi connectivity index (χ3n) is 8.11. The van der Waals surface area contributed by atoms with Crippen molar-refractivity contribution in [2.45, 2.75) is 47.9 Å². The molecule has 6 rings (SSSR count). The second-order valence-corrected chi connectivity index (χ2v) is 13.0. The molecule has 1 N–H and O–H groups in total. The number of ketones is 1. The fraction of sp³-hybridized carbons (Fsp3) is 0.281. The third kappa shape index (κ3) is 5.16. The quantitative estimate of drug-likeness (QED) is 0.251. The molecule has 3 atom stereocenters. The van der Waals surface area contributed by atoms with Crippen molar-refractivity contribution in [1.29, 1.82) is 0 Å². The number of fused-ring (bicyclic) bond motifs is 1. The van der Waals surface area contributed by atoms with Crippen LogP contribution in [0.3, 0.4) is 0 Å². The molecule has 0 bridgehead atoms. The first-order valence-electron chi connectivity index (χ1n) is 13.6. The molecular weight excluding hydrogens is 577 g/mol. The van der Waals surface area contributed by atoms with Crippen LogP contribution in [0, 0.1) is 0 Å². The van der Waals surface area contributed by atoms with Gasteiger partial charge in [-0.3, -0.25) is 14.4 Å². The summed E-state index contributed by atoms with van der Waals surface area (Å²) in [5.41, 5.74) is 2.57. The number of Topliss-reactive ketones (excluding diaryl/α,β-unsaturated/α-hetero) is 1.